The standard InChI is InChI=1S/C25H34NO4.3C4H9.Sn/c1-21(24(27)23-16-10-7-11-17-23)26-25(28)30-19-13-5-3-2-4-12-18-29-20-22-14-8-6-9-15-22;3*1-3-4-2;/h6-11,14-17,19,21,24,27H,2-5,12-13,18,20H2,1H3,(H,26,28);3*1,3-4H2,2H3;/t21-,24-;;;;/m1..../s1. The molecule has 0 unspecified atom stereocenters. The Balaban J connectivity index is 1.98. The third-order valence-electron chi connectivity index (χ3n) is 8.84. The van der Waals surface area contributed by atoms with E-state index in [9.17, 15) is 9.90 Å². The van der Waals surface area contributed by atoms with Crippen LogP contribution in [-0.2, 0) is 16.1 Å². The van der Waals surface area contributed by atoms with Crippen molar-refractivity contribution in [3.05, 3.63) is 71.8 Å². The molecule has 0 saturated heterocycles. The first-order chi connectivity index (χ1) is 21.0. The number of rotatable bonds is 24. The molecule has 1 amide bonds. The molecule has 2 aromatic rings. The summed E-state index contributed by atoms with van der Waals surface area (Å²) < 4.78 is 16.4. The number of benzene rings is 2. The van der Waals surface area contributed by atoms with Gasteiger partial charge in [-0.2, -0.15) is 0 Å². The van der Waals surface area contributed by atoms with Crippen molar-refractivity contribution in [2.45, 2.75) is 141 Å². The third kappa shape index (κ3) is 14.8. The fourth-order valence-electron chi connectivity index (χ4n) is 6.13. The van der Waals surface area contributed by atoms with Crippen molar-refractivity contribution in [1.29, 1.82) is 0 Å². The zero-order chi connectivity index (χ0) is 31.2. The molecule has 0 spiro atoms. The SMILES string of the molecule is CCC[CH2][Sn]([CH2]CCC)([CH2]CCC)[C@@H](CCCCCCCOCc1ccccc1)OC(=O)N[C@H](C)[C@@H](O)c1ccccc1. The molecule has 0 heterocycles. The van der Waals surface area contributed by atoms with E-state index in [0.29, 0.717) is 6.61 Å². The van der Waals surface area contributed by atoms with Gasteiger partial charge in [-0.1, -0.05) is 18.2 Å². The number of aliphatic hydroxyl groups excluding tert-OH is 1. The van der Waals surface area contributed by atoms with Crippen LogP contribution in [0.5, 0.6) is 0 Å². The van der Waals surface area contributed by atoms with Crippen molar-refractivity contribution in [2.24, 2.45) is 0 Å². The van der Waals surface area contributed by atoms with Gasteiger partial charge in [-0.05, 0) is 0 Å². The summed E-state index contributed by atoms with van der Waals surface area (Å²) in [5, 5.41) is 13.8. The molecule has 0 fully saturated rings. The molecule has 3 atom stereocenters. The van der Waals surface area contributed by atoms with Gasteiger partial charge in [0.05, 0.1) is 0 Å². The Morgan fingerprint density at radius 2 is 1.30 bits per heavy atom. The minimum atomic E-state index is -2.84. The zero-order valence-electron chi connectivity index (χ0n) is 27.7. The normalized spacial score (nSPS) is 13.8. The van der Waals surface area contributed by atoms with E-state index in [1.54, 1.807) is 0 Å². The van der Waals surface area contributed by atoms with E-state index in [-0.39, 0.29) is 10.2 Å². The number of unbranched alkanes of at least 4 members (excludes halogenated alkanes) is 7. The first-order valence-corrected chi connectivity index (χ1v) is 25.0. The predicted molar refractivity (Wildman–Crippen MR) is 183 cm³/mol. The molecular weight excluding hydrogens is 641 g/mol. The molecule has 0 radical (unpaired) electrons. The number of ether oxygens (including phenoxy) is 2. The Hall–Kier alpha value is -1.57. The number of nitrogens with one attached hydrogen (secondary N) is 1. The number of aliphatic hydroxyl groups is 1. The third-order valence-corrected chi connectivity index (χ3v) is 25.5. The fourth-order valence-corrected chi connectivity index (χ4v) is 23.4. The summed E-state index contributed by atoms with van der Waals surface area (Å²) in [5.74, 6) is 0. The second-order valence-electron chi connectivity index (χ2n) is 12.5. The van der Waals surface area contributed by atoms with Crippen molar-refractivity contribution in [3.8, 4) is 0 Å². The van der Waals surface area contributed by atoms with Crippen LogP contribution in [0, 0.1) is 0 Å². The topological polar surface area (TPSA) is 67.8 Å². The Morgan fingerprint density at radius 1 is 0.767 bits per heavy atom. The maximum absolute atomic E-state index is 13.4. The first kappa shape index (κ1) is 37.6. The van der Waals surface area contributed by atoms with Gasteiger partial charge in [0.1, 0.15) is 0 Å². The van der Waals surface area contributed by atoms with Gasteiger partial charge in [-0.25, -0.2) is 0 Å². The zero-order valence-corrected chi connectivity index (χ0v) is 30.6. The monoisotopic (exact) mass is 703 g/mol. The van der Waals surface area contributed by atoms with Gasteiger partial charge in [0.15, 0.2) is 0 Å². The molecule has 2 rings (SSSR count). The van der Waals surface area contributed by atoms with E-state index in [4.69, 9.17) is 9.47 Å². The summed E-state index contributed by atoms with van der Waals surface area (Å²) in [6, 6.07) is 19.5. The molecule has 2 N–H and O–H groups in total. The summed E-state index contributed by atoms with van der Waals surface area (Å²) in [5.41, 5.74) is 2.03. The maximum atomic E-state index is 13.4. The average Bonchev–Trinajstić information content (AvgIpc) is 3.03. The summed E-state index contributed by atoms with van der Waals surface area (Å²) >= 11 is -2.84. The second-order valence-corrected chi connectivity index (χ2v) is 26.3. The molecule has 0 bridgehead atoms. The van der Waals surface area contributed by atoms with Gasteiger partial charge in [0.25, 0.3) is 0 Å². The number of hydrogen-bond donors (Lipinski definition) is 2. The fraction of sp³-hybridized carbons (Fsp3) is 0.649. The van der Waals surface area contributed by atoms with E-state index in [1.807, 2.05) is 43.3 Å². The Morgan fingerprint density at radius 3 is 1.88 bits per heavy atom. The van der Waals surface area contributed by atoms with Crippen LogP contribution in [0.1, 0.15) is 122 Å². The van der Waals surface area contributed by atoms with Crippen LogP contribution in [-0.4, -0.2) is 46.3 Å². The number of carbonyl (C=O) groups excluding carboxylic acids is 1. The van der Waals surface area contributed by atoms with Gasteiger partial charge < -0.3 is 0 Å². The van der Waals surface area contributed by atoms with Crippen LogP contribution in [0.4, 0.5) is 4.79 Å². The summed E-state index contributed by atoms with van der Waals surface area (Å²) in [6.07, 6.45) is 12.9. The molecule has 242 valence electrons. The Kier molecular flexibility index (Phi) is 20.0. The van der Waals surface area contributed by atoms with Crippen molar-refractivity contribution < 1.29 is 19.4 Å². The van der Waals surface area contributed by atoms with Crippen LogP contribution in [0.3, 0.4) is 0 Å². The van der Waals surface area contributed by atoms with Crippen LogP contribution in [0.25, 0.3) is 0 Å². The molecule has 0 aliphatic rings. The number of carbonyl (C=O) groups is 1. The van der Waals surface area contributed by atoms with Crippen LogP contribution < -0.4 is 5.32 Å². The van der Waals surface area contributed by atoms with Crippen LogP contribution in [0.15, 0.2) is 60.7 Å². The molecular formula is C37H61NO4Sn. The molecule has 6 heteroatoms. The van der Waals surface area contributed by atoms with E-state index < -0.39 is 30.5 Å². The van der Waals surface area contributed by atoms with Gasteiger partial charge >= 0.3 is 250 Å². The van der Waals surface area contributed by atoms with E-state index in [0.717, 1.165) is 31.4 Å². The number of amides is 1. The van der Waals surface area contributed by atoms with Crippen LogP contribution >= 0.6 is 0 Å². The van der Waals surface area contributed by atoms with E-state index in [2.05, 4.69) is 50.4 Å². The molecule has 0 saturated carbocycles. The summed E-state index contributed by atoms with van der Waals surface area (Å²) in [6.45, 7) is 10.2. The first-order valence-electron chi connectivity index (χ1n) is 17.3. The Labute approximate surface area is 267 Å². The van der Waals surface area contributed by atoms with Gasteiger partial charge in [0.2, 0.25) is 0 Å². The summed E-state index contributed by atoms with van der Waals surface area (Å²) in [7, 11) is 0. The van der Waals surface area contributed by atoms with E-state index in [1.165, 1.54) is 76.7 Å². The molecule has 43 heavy (non-hydrogen) atoms. The second kappa shape index (κ2) is 22.9. The quantitative estimate of drug-likeness (QED) is 0.0844. The minimum absolute atomic E-state index is 0.0919. The van der Waals surface area contributed by atoms with E-state index >= 15 is 0 Å². The number of alkyl carbamates (subject to hydrolysis) is 1. The van der Waals surface area contributed by atoms with Crippen molar-refractivity contribution in [3.63, 3.8) is 0 Å². The predicted octanol–water partition coefficient (Wildman–Crippen LogP) is 10.1. The Bertz CT molecular complexity index is 936. The molecule has 0 aliphatic heterocycles. The van der Waals surface area contributed by atoms with Gasteiger partial charge in [-0.3, -0.25) is 0 Å². The molecule has 0 aromatic heterocycles. The molecule has 0 aliphatic carbocycles. The van der Waals surface area contributed by atoms with Crippen molar-refractivity contribution in [2.75, 3.05) is 6.61 Å². The van der Waals surface area contributed by atoms with Gasteiger partial charge in [-0.15, -0.1) is 0 Å². The van der Waals surface area contributed by atoms with Crippen LogP contribution in [0.2, 0.25) is 13.3 Å². The van der Waals surface area contributed by atoms with Crippen molar-refractivity contribution >= 4 is 24.5 Å². The summed E-state index contributed by atoms with van der Waals surface area (Å²) in [4.78, 5) is 13.4. The van der Waals surface area contributed by atoms with Gasteiger partial charge in [0, 0.05) is 0 Å². The average molecular weight is 703 g/mol. The molecule has 5 nitrogen and oxygen atoms in total. The van der Waals surface area contributed by atoms with Crippen molar-refractivity contribution in [1.82, 2.24) is 5.32 Å². The number of hydrogen-bond acceptors (Lipinski definition) is 4. The molecule has 2 aromatic carbocycles.